The zero-order valence-corrected chi connectivity index (χ0v) is 9.46. The Kier molecular flexibility index (Phi) is 4.31. The summed E-state index contributed by atoms with van der Waals surface area (Å²) >= 11 is 0. The summed E-state index contributed by atoms with van der Waals surface area (Å²) in [6, 6.07) is 0. The van der Waals surface area contributed by atoms with Gasteiger partial charge in [-0.2, -0.15) is 0 Å². The van der Waals surface area contributed by atoms with Gasteiger partial charge in [0.1, 0.15) is 5.54 Å². The molecule has 0 spiro atoms. The first-order valence-corrected chi connectivity index (χ1v) is 5.40. The molecular formula is C9H19BN2O4. The second-order valence-electron chi connectivity index (χ2n) is 4.79. The van der Waals surface area contributed by atoms with Crippen LogP contribution in [0.5, 0.6) is 0 Å². The molecule has 1 rings (SSSR count). The van der Waals surface area contributed by atoms with E-state index in [-0.39, 0.29) is 12.2 Å². The monoisotopic (exact) mass is 230 g/mol. The quantitative estimate of drug-likeness (QED) is 0.442. The van der Waals surface area contributed by atoms with Crippen LogP contribution >= 0.6 is 0 Å². The predicted molar refractivity (Wildman–Crippen MR) is 59.8 cm³/mol. The van der Waals surface area contributed by atoms with E-state index in [4.69, 9.17) is 20.9 Å². The Hall–Kier alpha value is -0.625. The van der Waals surface area contributed by atoms with E-state index >= 15 is 0 Å². The molecule has 6 nitrogen and oxygen atoms in total. The van der Waals surface area contributed by atoms with Gasteiger partial charge in [-0.25, -0.2) is 0 Å². The smallest absolute Gasteiger partial charge is 0.451 e. The number of hydrogen-bond donors (Lipinski definition) is 4. The fraction of sp³-hybridized carbons (Fsp3) is 0.889. The highest BCUT2D eigenvalue weighted by Crippen LogP contribution is 2.26. The van der Waals surface area contributed by atoms with Crippen molar-refractivity contribution in [2.24, 2.45) is 11.7 Å². The molecule has 0 radical (unpaired) electrons. The van der Waals surface area contributed by atoms with Crippen molar-refractivity contribution in [1.82, 2.24) is 4.90 Å². The zero-order chi connectivity index (χ0) is 12.3. The Morgan fingerprint density at radius 3 is 2.75 bits per heavy atom. The molecule has 0 aromatic heterocycles. The maximum atomic E-state index is 11.1. The van der Waals surface area contributed by atoms with E-state index in [1.807, 2.05) is 11.9 Å². The number of aliphatic carboxylic acids is 1. The molecule has 92 valence electrons. The molecule has 7 heteroatoms. The Labute approximate surface area is 95.2 Å². The average Bonchev–Trinajstić information content (AvgIpc) is 2.13. The van der Waals surface area contributed by atoms with Gasteiger partial charge in [-0.15, -0.1) is 0 Å². The van der Waals surface area contributed by atoms with Gasteiger partial charge >= 0.3 is 13.1 Å². The maximum Gasteiger partial charge on any atom is 0.451 e. The van der Waals surface area contributed by atoms with Crippen molar-refractivity contribution in [3.8, 4) is 0 Å². The summed E-state index contributed by atoms with van der Waals surface area (Å²) < 4.78 is 0. The number of piperidine rings is 1. The van der Waals surface area contributed by atoms with E-state index in [1.165, 1.54) is 0 Å². The second-order valence-corrected chi connectivity index (χ2v) is 4.79. The van der Waals surface area contributed by atoms with Crippen molar-refractivity contribution in [3.05, 3.63) is 0 Å². The lowest BCUT2D eigenvalue weighted by atomic mass is 9.75. The van der Waals surface area contributed by atoms with Crippen LogP contribution in [0.4, 0.5) is 0 Å². The maximum absolute atomic E-state index is 11.1. The van der Waals surface area contributed by atoms with Crippen molar-refractivity contribution < 1.29 is 19.9 Å². The first-order valence-electron chi connectivity index (χ1n) is 5.40. The summed E-state index contributed by atoms with van der Waals surface area (Å²) in [4.78, 5) is 12.9. The van der Waals surface area contributed by atoms with Crippen molar-refractivity contribution >= 4 is 13.1 Å². The Morgan fingerprint density at radius 2 is 2.25 bits per heavy atom. The fourth-order valence-electron chi connectivity index (χ4n) is 2.36. The molecule has 1 heterocycles. The summed E-state index contributed by atoms with van der Waals surface area (Å²) in [5.41, 5.74) is 4.61. The van der Waals surface area contributed by atoms with Crippen LogP contribution in [-0.2, 0) is 4.79 Å². The summed E-state index contributed by atoms with van der Waals surface area (Å²) in [5, 5.41) is 26.6. The topological polar surface area (TPSA) is 107 Å². The second kappa shape index (κ2) is 5.14. The number of hydrogen-bond acceptors (Lipinski definition) is 5. The van der Waals surface area contributed by atoms with Gasteiger partial charge in [0.25, 0.3) is 0 Å². The molecule has 0 bridgehead atoms. The molecule has 0 aromatic carbocycles. The van der Waals surface area contributed by atoms with Crippen molar-refractivity contribution in [1.29, 1.82) is 0 Å². The molecule has 0 aliphatic carbocycles. The van der Waals surface area contributed by atoms with Gasteiger partial charge in [0.2, 0.25) is 0 Å². The van der Waals surface area contributed by atoms with Crippen molar-refractivity contribution in [2.75, 3.05) is 20.1 Å². The molecule has 1 saturated heterocycles. The van der Waals surface area contributed by atoms with E-state index in [1.54, 1.807) is 0 Å². The van der Waals surface area contributed by atoms with E-state index in [0.717, 1.165) is 6.54 Å². The van der Waals surface area contributed by atoms with Gasteiger partial charge in [-0.1, -0.05) is 6.42 Å². The van der Waals surface area contributed by atoms with Gasteiger partial charge in [0, 0.05) is 13.1 Å². The number of carbonyl (C=O) groups is 1. The van der Waals surface area contributed by atoms with E-state index in [0.29, 0.717) is 19.4 Å². The average molecular weight is 230 g/mol. The molecule has 1 fully saturated rings. The molecule has 0 amide bonds. The minimum absolute atomic E-state index is 0.0987. The lowest BCUT2D eigenvalue weighted by molar-refractivity contribution is -0.146. The van der Waals surface area contributed by atoms with Crippen LogP contribution in [0.2, 0.25) is 6.32 Å². The van der Waals surface area contributed by atoms with Crippen LogP contribution in [0.25, 0.3) is 0 Å². The number of nitrogens with zero attached hydrogens (tertiary/aromatic N) is 1. The number of carboxylic acids is 1. The van der Waals surface area contributed by atoms with Gasteiger partial charge in [-0.05, 0) is 25.7 Å². The van der Waals surface area contributed by atoms with Crippen LogP contribution in [-0.4, -0.2) is 58.8 Å². The Balaban J connectivity index is 2.57. The molecular weight excluding hydrogens is 211 g/mol. The molecule has 16 heavy (non-hydrogen) atoms. The first-order chi connectivity index (χ1) is 7.33. The van der Waals surface area contributed by atoms with Crippen LogP contribution in [0.3, 0.4) is 0 Å². The number of likely N-dealkylation sites (tertiary alicyclic amines) is 1. The Bertz CT molecular complexity index is 264. The molecule has 1 aliphatic heterocycles. The standard InChI is InChI=1S/C9H19BN2O4/c1-12-5-7(2-3-10(15)16)4-9(11,6-12)8(13)14/h7,15-16H,2-6,11H2,1H3,(H,13,14)/t7-,9+/m1/s1. The summed E-state index contributed by atoms with van der Waals surface area (Å²) in [6.07, 6.45) is 1.22. The number of likely N-dealkylation sites (N-methyl/N-ethyl adjacent to an activating group) is 1. The highest BCUT2D eigenvalue weighted by Gasteiger charge is 2.41. The third kappa shape index (κ3) is 3.45. The highest BCUT2D eigenvalue weighted by atomic mass is 16.4. The summed E-state index contributed by atoms with van der Waals surface area (Å²) in [7, 11) is 0.496. The predicted octanol–water partition coefficient (Wildman–Crippen LogP) is -1.42. The van der Waals surface area contributed by atoms with E-state index < -0.39 is 18.6 Å². The molecule has 1 aliphatic rings. The lowest BCUT2D eigenvalue weighted by Gasteiger charge is -2.40. The summed E-state index contributed by atoms with van der Waals surface area (Å²) in [5.74, 6) is -0.893. The number of carboxylic acid groups (broad SMARTS) is 1. The molecule has 0 saturated carbocycles. The SMILES string of the molecule is CN1C[C@H](CCB(O)O)C[C@@](N)(C(=O)O)C1. The third-order valence-corrected chi connectivity index (χ3v) is 3.03. The normalized spacial score (nSPS) is 31.4. The largest absolute Gasteiger partial charge is 0.480 e. The molecule has 0 unspecified atom stereocenters. The number of rotatable bonds is 4. The molecule has 2 atom stereocenters. The minimum Gasteiger partial charge on any atom is -0.480 e. The highest BCUT2D eigenvalue weighted by molar-refractivity contribution is 6.40. The van der Waals surface area contributed by atoms with Gasteiger partial charge in [0.05, 0.1) is 0 Å². The number of nitrogens with two attached hydrogens (primary N) is 1. The van der Waals surface area contributed by atoms with Crippen LogP contribution in [0.15, 0.2) is 0 Å². The van der Waals surface area contributed by atoms with E-state index in [9.17, 15) is 4.79 Å². The minimum atomic E-state index is -1.33. The Morgan fingerprint density at radius 1 is 1.62 bits per heavy atom. The molecule has 0 aromatic rings. The third-order valence-electron chi connectivity index (χ3n) is 3.03. The zero-order valence-electron chi connectivity index (χ0n) is 9.46. The van der Waals surface area contributed by atoms with Crippen molar-refractivity contribution in [3.63, 3.8) is 0 Å². The van der Waals surface area contributed by atoms with Gasteiger partial charge in [-0.3, -0.25) is 4.79 Å². The summed E-state index contributed by atoms with van der Waals surface area (Å²) in [6.45, 7) is 1.08. The van der Waals surface area contributed by atoms with Crippen LogP contribution in [0.1, 0.15) is 12.8 Å². The first kappa shape index (κ1) is 13.4. The van der Waals surface area contributed by atoms with Crippen LogP contribution < -0.4 is 5.73 Å². The van der Waals surface area contributed by atoms with Crippen molar-refractivity contribution in [2.45, 2.75) is 24.7 Å². The van der Waals surface area contributed by atoms with E-state index in [2.05, 4.69) is 0 Å². The van der Waals surface area contributed by atoms with Crippen LogP contribution in [0, 0.1) is 5.92 Å². The lowest BCUT2D eigenvalue weighted by Crippen LogP contribution is -2.60. The van der Waals surface area contributed by atoms with Gasteiger partial charge < -0.3 is 25.8 Å². The van der Waals surface area contributed by atoms with Gasteiger partial charge in [0.15, 0.2) is 0 Å². The molecule has 5 N–H and O–H groups in total. The fourth-order valence-corrected chi connectivity index (χ4v) is 2.36.